The monoisotopic (exact) mass is 372 g/mol. The number of pyridine rings is 1. The molecule has 132 valence electrons. The van der Waals surface area contributed by atoms with Crippen molar-refractivity contribution in [2.24, 2.45) is 5.92 Å². The zero-order valence-electron chi connectivity index (χ0n) is 14.8. The first-order valence-corrected chi connectivity index (χ1v) is 10.0. The summed E-state index contributed by atoms with van der Waals surface area (Å²) in [4.78, 5) is 7.99. The summed E-state index contributed by atoms with van der Waals surface area (Å²) in [6.07, 6.45) is 9.17. The van der Waals surface area contributed by atoms with Crippen molar-refractivity contribution >= 4 is 21.6 Å². The van der Waals surface area contributed by atoms with Crippen molar-refractivity contribution in [2.75, 3.05) is 0 Å². The van der Waals surface area contributed by atoms with Crippen molar-refractivity contribution < 1.29 is 16.8 Å². The van der Waals surface area contributed by atoms with Crippen LogP contribution in [0, 0.1) is 5.92 Å². The first-order chi connectivity index (χ1) is 11.7. The van der Waals surface area contributed by atoms with Gasteiger partial charge in [-0.05, 0) is 73.6 Å². The molecule has 0 aromatic carbocycles. The highest BCUT2D eigenvalue weighted by atomic mass is 35.5. The van der Waals surface area contributed by atoms with Gasteiger partial charge in [0.05, 0.1) is 6.26 Å². The maximum atomic E-state index is 5.89. The fourth-order valence-electron chi connectivity index (χ4n) is 4.60. The number of nitrogens with zero attached hydrogens (tertiary/aromatic N) is 1. The molecule has 2 nitrogen and oxygen atoms in total. The van der Waals surface area contributed by atoms with E-state index in [0.717, 1.165) is 18.1 Å². The Hall–Kier alpha value is -1.32. The molecule has 0 N–H and O–H groups in total. The summed E-state index contributed by atoms with van der Waals surface area (Å²) < 4.78 is 5.89. The van der Waals surface area contributed by atoms with E-state index in [-0.39, 0.29) is 12.4 Å². The lowest BCUT2D eigenvalue weighted by Gasteiger charge is -2.24. The lowest BCUT2D eigenvalue weighted by molar-refractivity contribution is -0.00000536. The molecule has 4 heteroatoms. The molecule has 0 aliphatic heterocycles. The minimum Gasteiger partial charge on any atom is -1.00 e. The van der Waals surface area contributed by atoms with Crippen molar-refractivity contribution in [2.45, 2.75) is 58.3 Å². The second-order valence-corrected chi connectivity index (χ2v) is 8.74. The van der Waals surface area contributed by atoms with Crippen molar-refractivity contribution in [3.8, 4) is 11.3 Å². The summed E-state index contributed by atoms with van der Waals surface area (Å²) in [5.74, 6) is 2.39. The van der Waals surface area contributed by atoms with Crippen molar-refractivity contribution in [1.29, 1.82) is 0 Å². The third kappa shape index (κ3) is 2.63. The highest BCUT2D eigenvalue weighted by Gasteiger charge is 2.29. The Kier molecular flexibility index (Phi) is 4.41. The van der Waals surface area contributed by atoms with E-state index >= 15 is 0 Å². The molecule has 25 heavy (non-hydrogen) atoms. The Labute approximate surface area is 159 Å². The molecule has 0 saturated heterocycles. The lowest BCUT2D eigenvalue weighted by atomic mass is 9.82. The first-order valence-electron chi connectivity index (χ1n) is 9.23. The SMILES string of the molecule is CC1CCc2c(sc3nc4c(c(-c5ccco5)c23)CCCC4C)C1.[Cl-]. The molecule has 3 heterocycles. The fraction of sp³-hybridized carbons (Fsp3) is 0.476. The van der Waals surface area contributed by atoms with Crippen molar-refractivity contribution in [1.82, 2.24) is 4.98 Å². The smallest absolute Gasteiger partial charge is 0.134 e. The van der Waals surface area contributed by atoms with Gasteiger partial charge in [-0.1, -0.05) is 13.8 Å². The number of hydrogen-bond donors (Lipinski definition) is 0. The second kappa shape index (κ2) is 6.44. The van der Waals surface area contributed by atoms with Gasteiger partial charge in [-0.25, -0.2) is 4.98 Å². The summed E-state index contributed by atoms with van der Waals surface area (Å²) in [6.45, 7) is 4.71. The van der Waals surface area contributed by atoms with E-state index in [9.17, 15) is 0 Å². The lowest BCUT2D eigenvalue weighted by Crippen LogP contribution is -3.00. The maximum absolute atomic E-state index is 5.89. The Morgan fingerprint density at radius 1 is 1.16 bits per heavy atom. The molecule has 2 unspecified atom stereocenters. The number of halogens is 1. The van der Waals surface area contributed by atoms with Gasteiger partial charge in [-0.3, -0.25) is 0 Å². The largest absolute Gasteiger partial charge is 1.00 e. The van der Waals surface area contributed by atoms with Crippen LogP contribution in [0.5, 0.6) is 0 Å². The number of fused-ring (bicyclic) bond motifs is 4. The molecule has 0 saturated carbocycles. The molecule has 5 rings (SSSR count). The van der Waals surface area contributed by atoms with E-state index in [1.54, 1.807) is 16.7 Å². The highest BCUT2D eigenvalue weighted by molar-refractivity contribution is 7.19. The van der Waals surface area contributed by atoms with E-state index in [1.807, 2.05) is 17.4 Å². The Bertz CT molecular complexity index is 912. The molecule has 0 radical (unpaired) electrons. The molecule has 2 aliphatic rings. The molecule has 2 aliphatic carbocycles. The molecule has 0 amide bonds. The van der Waals surface area contributed by atoms with Gasteiger partial charge in [-0.2, -0.15) is 0 Å². The Morgan fingerprint density at radius 3 is 2.84 bits per heavy atom. The van der Waals surface area contributed by atoms with E-state index in [1.165, 1.54) is 59.1 Å². The van der Waals surface area contributed by atoms with Crippen LogP contribution in [0.15, 0.2) is 22.8 Å². The quantitative estimate of drug-likeness (QED) is 0.656. The normalized spacial score (nSPS) is 22.3. The summed E-state index contributed by atoms with van der Waals surface area (Å²) in [6, 6.07) is 4.14. The standard InChI is InChI=1S/C21H23NOS.ClH/c1-12-8-9-14-17(11-12)24-21-19(14)18(16-7-4-10-23-16)15-6-3-5-13(2)20(15)22-21;/h4,7,10,12-13H,3,5-6,8-9,11H2,1-2H3;1H/p-1. The Morgan fingerprint density at radius 2 is 2.04 bits per heavy atom. The molecule has 0 fully saturated rings. The first kappa shape index (κ1) is 17.1. The van der Waals surface area contributed by atoms with Gasteiger partial charge in [0.1, 0.15) is 10.6 Å². The number of hydrogen-bond acceptors (Lipinski definition) is 3. The van der Waals surface area contributed by atoms with Gasteiger partial charge >= 0.3 is 0 Å². The number of thiophene rings is 1. The minimum atomic E-state index is 0. The second-order valence-electron chi connectivity index (χ2n) is 7.65. The molecular formula is C21H23ClNOS-. The average molecular weight is 373 g/mol. The zero-order valence-corrected chi connectivity index (χ0v) is 16.3. The van der Waals surface area contributed by atoms with Gasteiger partial charge in [0.15, 0.2) is 0 Å². The summed E-state index contributed by atoms with van der Waals surface area (Å²) in [5, 5.41) is 1.41. The van der Waals surface area contributed by atoms with E-state index in [0.29, 0.717) is 5.92 Å². The van der Waals surface area contributed by atoms with Gasteiger partial charge in [-0.15, -0.1) is 11.3 Å². The molecule has 3 aromatic rings. The maximum Gasteiger partial charge on any atom is 0.134 e. The third-order valence-electron chi connectivity index (χ3n) is 5.87. The Balaban J connectivity index is 0.00000157. The van der Waals surface area contributed by atoms with Gasteiger partial charge in [0.25, 0.3) is 0 Å². The summed E-state index contributed by atoms with van der Waals surface area (Å²) in [7, 11) is 0. The van der Waals surface area contributed by atoms with Crippen LogP contribution in [0.4, 0.5) is 0 Å². The van der Waals surface area contributed by atoms with E-state index in [2.05, 4.69) is 19.9 Å². The highest BCUT2D eigenvalue weighted by Crippen LogP contribution is 2.46. The number of rotatable bonds is 1. The average Bonchev–Trinajstić information content (AvgIpc) is 3.20. The molecular weight excluding hydrogens is 350 g/mol. The van der Waals surface area contributed by atoms with Crippen LogP contribution in [0.1, 0.15) is 60.7 Å². The van der Waals surface area contributed by atoms with Crippen molar-refractivity contribution in [3.63, 3.8) is 0 Å². The van der Waals surface area contributed by atoms with Crippen LogP contribution in [0.3, 0.4) is 0 Å². The number of aryl methyl sites for hydroxylation is 1. The van der Waals surface area contributed by atoms with Gasteiger partial charge in [0, 0.05) is 21.5 Å². The molecule has 0 spiro atoms. The number of furan rings is 1. The predicted octanol–water partition coefficient (Wildman–Crippen LogP) is 3.12. The number of aromatic nitrogens is 1. The minimum absolute atomic E-state index is 0. The van der Waals surface area contributed by atoms with E-state index < -0.39 is 0 Å². The summed E-state index contributed by atoms with van der Waals surface area (Å²) in [5.41, 5.74) is 5.70. The van der Waals surface area contributed by atoms with Crippen LogP contribution in [0.2, 0.25) is 0 Å². The molecule has 0 bridgehead atoms. The van der Waals surface area contributed by atoms with Gasteiger partial charge in [0.2, 0.25) is 0 Å². The van der Waals surface area contributed by atoms with E-state index in [4.69, 9.17) is 9.40 Å². The van der Waals surface area contributed by atoms with Gasteiger partial charge < -0.3 is 16.8 Å². The topological polar surface area (TPSA) is 26.0 Å². The van der Waals surface area contributed by atoms with Crippen LogP contribution >= 0.6 is 11.3 Å². The van der Waals surface area contributed by atoms with Crippen LogP contribution < -0.4 is 12.4 Å². The zero-order chi connectivity index (χ0) is 16.3. The van der Waals surface area contributed by atoms with Crippen LogP contribution in [-0.2, 0) is 19.3 Å². The molecule has 2 atom stereocenters. The van der Waals surface area contributed by atoms with Crippen LogP contribution in [0.25, 0.3) is 21.5 Å². The fourth-order valence-corrected chi connectivity index (χ4v) is 6.00. The van der Waals surface area contributed by atoms with Crippen molar-refractivity contribution in [3.05, 3.63) is 40.1 Å². The third-order valence-corrected chi connectivity index (χ3v) is 7.02. The molecule has 3 aromatic heterocycles. The van der Waals surface area contributed by atoms with Crippen LogP contribution in [-0.4, -0.2) is 4.98 Å². The summed E-state index contributed by atoms with van der Waals surface area (Å²) >= 11 is 1.94. The predicted molar refractivity (Wildman–Crippen MR) is 99.9 cm³/mol.